The van der Waals surface area contributed by atoms with Crippen molar-refractivity contribution in [2.45, 2.75) is 180 Å². The Balaban J connectivity index is 1.65. The maximum Gasteiger partial charge on any atom is 0.326 e. The highest BCUT2D eigenvalue weighted by Gasteiger charge is 2.38. The van der Waals surface area contributed by atoms with Gasteiger partial charge in [0.1, 0.15) is 48.3 Å². The Morgan fingerprint density at radius 2 is 0.933 bits per heavy atom. The Hall–Kier alpha value is -9.09. The molecule has 0 unspecified atom stereocenters. The second-order valence-corrected chi connectivity index (χ2v) is 23.0. The number of rotatable bonds is 39. The normalized spacial score (nSPS) is 15.3. The number of nitrogens with one attached hydrogen (secondary N) is 11. The van der Waals surface area contributed by atoms with Gasteiger partial charge in [0.2, 0.25) is 47.3 Å². The highest BCUT2D eigenvalue weighted by Crippen LogP contribution is 2.21. The molecule has 4 aromatic rings. The molecular formula is C59H94N20O10. The summed E-state index contributed by atoms with van der Waals surface area (Å²) in [4.78, 5) is 152. The molecule has 89 heavy (non-hydrogen) atoms. The van der Waals surface area contributed by atoms with Crippen LogP contribution in [0, 0.1) is 23.7 Å². The highest BCUT2D eigenvalue weighted by atomic mass is 16.4. The molecule has 3 aromatic heterocycles. The molecule has 0 saturated carbocycles. The predicted octanol–water partition coefficient (Wildman–Crippen LogP) is -0.776. The van der Waals surface area contributed by atoms with Crippen LogP contribution in [-0.4, -0.2) is 163 Å². The zero-order valence-electron chi connectivity index (χ0n) is 52.2. The summed E-state index contributed by atoms with van der Waals surface area (Å²) >= 11 is 0. The van der Waals surface area contributed by atoms with Gasteiger partial charge in [-0.2, -0.15) is 0 Å². The molecule has 0 spiro atoms. The molecule has 4 rings (SSSR count). The molecule has 0 aliphatic heterocycles. The number of carboxylic acid groups (broad SMARTS) is 1. The third kappa shape index (κ3) is 23.5. The Bertz CT molecular complexity index is 3000. The minimum absolute atomic E-state index is 0.0343. The smallest absolute Gasteiger partial charge is 0.326 e. The van der Waals surface area contributed by atoms with Gasteiger partial charge in [0, 0.05) is 73.2 Å². The molecule has 0 saturated heterocycles. The van der Waals surface area contributed by atoms with E-state index in [1.807, 2.05) is 52.0 Å². The number of hydrogen-bond donors (Lipinski definition) is 17. The maximum absolute atomic E-state index is 15.0. The predicted molar refractivity (Wildman–Crippen MR) is 335 cm³/mol. The number of nitrogens with two attached hydrogens (primary N) is 5. The zero-order chi connectivity index (χ0) is 65.9. The number of para-hydroxylation sites is 1. The quantitative estimate of drug-likeness (QED) is 0.0148. The van der Waals surface area contributed by atoms with Crippen molar-refractivity contribution in [1.82, 2.24) is 67.5 Å². The SMILES string of the molecule is CC[C@H](C)[C@H](NC(=O)[C@H](Cc1c[nH]c2ccccc12)NC(=O)[C@@H](NC(=O)[C@H](Cc1cnc[nH]1)NC(=O)[C@@H](NC(=O)[C@@H](N)CCCN=C(N)N)[C@@H](C)CC)[C@@H](C)CC)C(=O)N[C@@H](CC(C)C)C(=O)N[C@@H](CCCN=C(N)N)C(=O)N[C@@H](Cc1cnc[nH]1)C(=O)O. The standard InChI is InChI=1S/C59H94N20O10/c1-9-32(6)46(77-49(80)39(60)17-14-20-67-58(61)62)54(85)75-44(24-36-27-65-29-70-36)53(84)79-48(34(8)11-3)56(87)74-43(23-35-26-69-40-18-13-12-16-38(35)40)52(83)78-47(33(7)10-2)55(86)73-42(22-31(4)5)51(82)72-41(19-15-21-68-59(63)64)50(81)76-45(57(88)89)25-37-28-66-30-71-37/h12-13,16,18,26-34,39,41-48,69H,9-11,14-15,17,19-25,60H2,1-8H3,(H,65,70)(H,66,71)(H,72,82)(H,73,86)(H,74,87)(H,75,85)(H,76,81)(H,77,80)(H,78,83)(H,79,84)(H,88,89)(H4,61,62,67)(H4,63,64,68)/t32-,33-,34-,39-,41-,42-,43-,44-,45-,46-,47-,48-/m0/s1. The summed E-state index contributed by atoms with van der Waals surface area (Å²) in [6.07, 6.45) is 9.01. The van der Waals surface area contributed by atoms with Gasteiger partial charge in [0.05, 0.1) is 18.7 Å². The number of imidazole rings is 2. The van der Waals surface area contributed by atoms with Gasteiger partial charge in [-0.15, -0.1) is 0 Å². The fourth-order valence-electron chi connectivity index (χ4n) is 9.70. The van der Waals surface area contributed by atoms with Crippen molar-refractivity contribution in [3.05, 3.63) is 72.5 Å². The second-order valence-electron chi connectivity index (χ2n) is 23.0. The topological polar surface area (TPSA) is 498 Å². The third-order valence-corrected chi connectivity index (χ3v) is 15.5. The number of fused-ring (bicyclic) bond motifs is 1. The van der Waals surface area contributed by atoms with Crippen molar-refractivity contribution in [3.63, 3.8) is 0 Å². The van der Waals surface area contributed by atoms with Crippen LogP contribution in [0.25, 0.3) is 10.9 Å². The van der Waals surface area contributed by atoms with Crippen LogP contribution < -0.4 is 71.2 Å². The van der Waals surface area contributed by atoms with Crippen molar-refractivity contribution in [3.8, 4) is 0 Å². The van der Waals surface area contributed by atoms with Crippen molar-refractivity contribution in [2.24, 2.45) is 62.3 Å². The lowest BCUT2D eigenvalue weighted by Crippen LogP contribution is -2.62. The number of nitrogens with zero attached hydrogens (tertiary/aromatic N) is 4. The summed E-state index contributed by atoms with van der Waals surface area (Å²) in [5.74, 6) is -9.33. The van der Waals surface area contributed by atoms with Crippen LogP contribution in [0.5, 0.6) is 0 Å². The summed E-state index contributed by atoms with van der Waals surface area (Å²) in [5.41, 5.74) is 30.4. The number of carboxylic acids is 1. The lowest BCUT2D eigenvalue weighted by Gasteiger charge is -2.31. The minimum Gasteiger partial charge on any atom is -0.480 e. The Labute approximate surface area is 518 Å². The molecule has 0 bridgehead atoms. The molecule has 1 aromatic carbocycles. The van der Waals surface area contributed by atoms with Crippen LogP contribution in [0.4, 0.5) is 0 Å². The molecule has 12 atom stereocenters. The summed E-state index contributed by atoms with van der Waals surface area (Å²) in [6, 6.07) is -4.14. The molecule has 30 nitrogen and oxygen atoms in total. The van der Waals surface area contributed by atoms with E-state index in [0.717, 1.165) is 10.9 Å². The second kappa shape index (κ2) is 36.3. The van der Waals surface area contributed by atoms with E-state index in [1.54, 1.807) is 33.9 Å². The first-order valence-corrected chi connectivity index (χ1v) is 30.3. The van der Waals surface area contributed by atoms with Crippen LogP contribution in [0.3, 0.4) is 0 Å². The fraction of sp³-hybridized carbons (Fsp3) is 0.576. The third-order valence-electron chi connectivity index (χ3n) is 15.5. The maximum atomic E-state index is 15.0. The summed E-state index contributed by atoms with van der Waals surface area (Å²) in [5, 5.41) is 32.9. The number of H-pyrrole nitrogens is 3. The molecule has 0 aliphatic carbocycles. The van der Waals surface area contributed by atoms with E-state index < -0.39 is 125 Å². The number of aliphatic imine (C=N–C) groups is 2. The van der Waals surface area contributed by atoms with Crippen molar-refractivity contribution in [2.75, 3.05) is 13.1 Å². The molecule has 30 heteroatoms. The van der Waals surface area contributed by atoms with E-state index >= 15 is 4.79 Å². The van der Waals surface area contributed by atoms with Crippen molar-refractivity contribution < 1.29 is 48.3 Å². The van der Waals surface area contributed by atoms with Crippen LogP contribution in [0.2, 0.25) is 0 Å². The molecule has 0 aliphatic rings. The van der Waals surface area contributed by atoms with Gasteiger partial charge in [0.15, 0.2) is 11.9 Å². The van der Waals surface area contributed by atoms with E-state index in [4.69, 9.17) is 28.7 Å². The Morgan fingerprint density at radius 1 is 0.517 bits per heavy atom. The van der Waals surface area contributed by atoms with Gasteiger partial charge in [0.25, 0.3) is 0 Å². The first-order chi connectivity index (χ1) is 42.3. The molecule has 22 N–H and O–H groups in total. The number of hydrogen-bond acceptors (Lipinski definition) is 14. The Kier molecular flexibility index (Phi) is 29.5. The zero-order valence-corrected chi connectivity index (χ0v) is 52.2. The average Bonchev–Trinajstić information content (AvgIpc) is 3.19. The number of benzene rings is 1. The number of amides is 8. The highest BCUT2D eigenvalue weighted by molar-refractivity contribution is 5.99. The number of aliphatic carboxylic acids is 1. The fourth-order valence-corrected chi connectivity index (χ4v) is 9.70. The van der Waals surface area contributed by atoms with Crippen LogP contribution in [-0.2, 0) is 62.4 Å². The first-order valence-electron chi connectivity index (χ1n) is 30.3. The van der Waals surface area contributed by atoms with Gasteiger partial charge in [-0.25, -0.2) is 14.8 Å². The molecule has 3 heterocycles. The average molecular weight is 1240 g/mol. The van der Waals surface area contributed by atoms with Gasteiger partial charge in [-0.3, -0.25) is 48.3 Å². The number of guanidine groups is 2. The van der Waals surface area contributed by atoms with Crippen LogP contribution in [0.1, 0.15) is 124 Å². The summed E-state index contributed by atoms with van der Waals surface area (Å²) < 4.78 is 0. The van der Waals surface area contributed by atoms with Crippen LogP contribution >= 0.6 is 0 Å². The van der Waals surface area contributed by atoms with Gasteiger partial charge < -0.3 is 91.3 Å². The van der Waals surface area contributed by atoms with Crippen molar-refractivity contribution in [1.29, 1.82) is 0 Å². The van der Waals surface area contributed by atoms with E-state index in [0.29, 0.717) is 42.6 Å². The van der Waals surface area contributed by atoms with Crippen molar-refractivity contribution >= 4 is 76.0 Å². The van der Waals surface area contributed by atoms with Gasteiger partial charge in [-0.05, 0) is 67.4 Å². The number of carbonyl (C=O) groups is 9. The molecule has 490 valence electrons. The largest absolute Gasteiger partial charge is 0.480 e. The minimum atomic E-state index is -1.41. The summed E-state index contributed by atoms with van der Waals surface area (Å²) in [7, 11) is 0. The molecule has 0 radical (unpaired) electrons. The molecular weight excluding hydrogens is 1150 g/mol. The molecule has 0 fully saturated rings. The van der Waals surface area contributed by atoms with Crippen LogP contribution in [0.15, 0.2) is 65.5 Å². The molecule has 8 amide bonds. The van der Waals surface area contributed by atoms with Gasteiger partial charge in [-0.1, -0.05) is 92.9 Å². The number of carbonyl (C=O) groups excluding carboxylic acids is 8. The van der Waals surface area contributed by atoms with E-state index in [9.17, 15) is 43.5 Å². The van der Waals surface area contributed by atoms with E-state index in [2.05, 4.69) is 77.4 Å². The lowest BCUT2D eigenvalue weighted by atomic mass is 9.94. The van der Waals surface area contributed by atoms with E-state index in [1.165, 1.54) is 25.0 Å². The number of aromatic amines is 3. The van der Waals surface area contributed by atoms with E-state index in [-0.39, 0.29) is 75.9 Å². The monoisotopic (exact) mass is 1240 g/mol. The summed E-state index contributed by atoms with van der Waals surface area (Å²) in [6.45, 7) is 14.6. The lowest BCUT2D eigenvalue weighted by molar-refractivity contribution is -0.142. The Morgan fingerprint density at radius 3 is 1.39 bits per heavy atom. The number of aromatic nitrogens is 5. The van der Waals surface area contributed by atoms with Gasteiger partial charge >= 0.3 is 5.97 Å². The first kappa shape index (κ1) is 72.4.